The fourth-order valence-electron chi connectivity index (χ4n) is 1.11. The molecule has 1 heterocycles. The summed E-state index contributed by atoms with van der Waals surface area (Å²) in [4.78, 5) is 10.1. The van der Waals surface area contributed by atoms with Crippen LogP contribution in [0.1, 0.15) is 32.3 Å². The Morgan fingerprint density at radius 3 is 2.72 bits per heavy atom. The van der Waals surface area contributed by atoms with Crippen molar-refractivity contribution in [2.75, 3.05) is 19.0 Å². The summed E-state index contributed by atoms with van der Waals surface area (Å²) in [5, 5.41) is 12.0. The Hall–Kier alpha value is -1.63. The summed E-state index contributed by atoms with van der Waals surface area (Å²) in [6, 6.07) is 0. The average molecular weight is 272 g/mol. The molecule has 0 bridgehead atoms. The molecule has 0 aliphatic carbocycles. The maximum atomic E-state index is 10.1. The lowest BCUT2D eigenvalue weighted by Crippen LogP contribution is -2.18. The molecule has 3 N–H and O–H groups in total. The molecule has 1 aromatic rings. The Labute approximate surface area is 112 Å². The van der Waals surface area contributed by atoms with Gasteiger partial charge >= 0.3 is 6.09 Å². The minimum Gasteiger partial charge on any atom is -0.450 e. The van der Waals surface area contributed by atoms with E-state index in [1.54, 1.807) is 6.92 Å². The zero-order valence-corrected chi connectivity index (χ0v) is 11.9. The smallest absolute Gasteiger partial charge is 0.406 e. The van der Waals surface area contributed by atoms with Crippen molar-refractivity contribution in [3.8, 4) is 0 Å². The largest absolute Gasteiger partial charge is 0.450 e. The van der Waals surface area contributed by atoms with Crippen molar-refractivity contribution in [1.29, 1.82) is 0 Å². The van der Waals surface area contributed by atoms with Crippen LogP contribution in [0, 0.1) is 0 Å². The van der Waals surface area contributed by atoms with Crippen molar-refractivity contribution in [2.24, 2.45) is 0 Å². The number of alkyl carbamates (subject to hydrolysis) is 1. The highest BCUT2D eigenvalue weighted by Crippen LogP contribution is 2.20. The number of ether oxygens (including phenoxy) is 1. The van der Waals surface area contributed by atoms with E-state index in [-0.39, 0.29) is 6.09 Å². The van der Waals surface area contributed by atoms with Crippen LogP contribution >= 0.6 is 12.2 Å². The summed E-state index contributed by atoms with van der Waals surface area (Å²) in [5.74, 6) is 1.36. The van der Waals surface area contributed by atoms with Gasteiger partial charge in [-0.1, -0.05) is 26.1 Å². The highest BCUT2D eigenvalue weighted by atomic mass is 32.1. The molecule has 18 heavy (non-hydrogen) atoms. The lowest BCUT2D eigenvalue weighted by atomic mass is 10.1. The summed E-state index contributed by atoms with van der Waals surface area (Å²) in [6.07, 6.45) is 1.44. The fourth-order valence-corrected chi connectivity index (χ4v) is 1.23. The number of rotatable bonds is 4. The Morgan fingerprint density at radius 1 is 1.67 bits per heavy atom. The maximum Gasteiger partial charge on any atom is 0.406 e. The normalized spacial score (nSPS) is 9.17. The van der Waals surface area contributed by atoms with Gasteiger partial charge in [-0.2, -0.15) is 5.10 Å². The van der Waals surface area contributed by atoms with Gasteiger partial charge in [0, 0.05) is 12.6 Å². The second-order valence-corrected chi connectivity index (χ2v) is 3.82. The first-order valence-electron chi connectivity index (χ1n) is 5.64. The third-order valence-corrected chi connectivity index (χ3v) is 2.09. The van der Waals surface area contributed by atoms with E-state index in [0.717, 1.165) is 11.4 Å². The first-order valence-corrected chi connectivity index (χ1v) is 6.11. The molecule has 7 heteroatoms. The summed E-state index contributed by atoms with van der Waals surface area (Å²) >= 11 is 4.66. The molecule has 1 rings (SSSR count). The van der Waals surface area contributed by atoms with Crippen LogP contribution in [0.25, 0.3) is 0 Å². The van der Waals surface area contributed by atoms with Crippen molar-refractivity contribution in [3.05, 3.63) is 11.8 Å². The van der Waals surface area contributed by atoms with Gasteiger partial charge in [-0.25, -0.2) is 4.79 Å². The summed E-state index contributed by atoms with van der Waals surface area (Å²) < 4.78 is 4.44. The van der Waals surface area contributed by atoms with Crippen molar-refractivity contribution in [2.45, 2.75) is 26.7 Å². The molecule has 0 spiro atoms. The monoisotopic (exact) mass is 272 g/mol. The topological polar surface area (TPSA) is 79.0 Å². The second-order valence-electron chi connectivity index (χ2n) is 3.59. The Kier molecular flexibility index (Phi) is 8.55. The van der Waals surface area contributed by atoms with Crippen molar-refractivity contribution >= 4 is 29.6 Å². The Bertz CT molecular complexity index is 366. The van der Waals surface area contributed by atoms with Gasteiger partial charge < -0.3 is 15.4 Å². The number of hydrogen-bond donors (Lipinski definition) is 3. The zero-order valence-electron chi connectivity index (χ0n) is 11.1. The number of thiocarbonyl (C=S) groups is 1. The van der Waals surface area contributed by atoms with Gasteiger partial charge in [0.05, 0.1) is 18.3 Å². The van der Waals surface area contributed by atoms with E-state index in [4.69, 9.17) is 0 Å². The second kappa shape index (κ2) is 9.41. The minimum atomic E-state index is -0.373. The summed E-state index contributed by atoms with van der Waals surface area (Å²) in [7, 11) is 1.53. The van der Waals surface area contributed by atoms with Gasteiger partial charge in [-0.3, -0.25) is 5.10 Å². The number of aromatic nitrogens is 2. The van der Waals surface area contributed by atoms with Crippen molar-refractivity contribution < 1.29 is 9.53 Å². The van der Waals surface area contributed by atoms with Crippen LogP contribution in [-0.2, 0) is 4.74 Å². The molecule has 0 unspecified atom stereocenters. The van der Waals surface area contributed by atoms with E-state index < -0.39 is 0 Å². The quantitative estimate of drug-likeness (QED) is 0.733. The van der Waals surface area contributed by atoms with Gasteiger partial charge in [0.25, 0.3) is 0 Å². The van der Waals surface area contributed by atoms with Crippen LogP contribution in [0.2, 0.25) is 0 Å². The highest BCUT2D eigenvalue weighted by Gasteiger charge is 2.06. The van der Waals surface area contributed by atoms with Crippen LogP contribution in [-0.4, -0.2) is 35.4 Å². The maximum absolute atomic E-state index is 10.1. The number of hydrogen-bond acceptors (Lipinski definition) is 4. The number of nitrogens with zero attached hydrogens (tertiary/aromatic N) is 1. The van der Waals surface area contributed by atoms with Gasteiger partial charge in [0.2, 0.25) is 0 Å². The third kappa shape index (κ3) is 6.19. The van der Waals surface area contributed by atoms with Gasteiger partial charge in [0.1, 0.15) is 5.82 Å². The number of carbonyl (C=O) groups is 1. The number of nitrogens with one attached hydrogen (secondary N) is 3. The van der Waals surface area contributed by atoms with E-state index in [1.165, 1.54) is 12.5 Å². The molecule has 102 valence electrons. The minimum absolute atomic E-state index is 0.373. The van der Waals surface area contributed by atoms with Crippen molar-refractivity contribution in [3.63, 3.8) is 0 Å². The SMILES string of the molecule is CC(C)c1cn[nH]c1NC=S.CCOC(=O)NC. The third-order valence-electron chi connectivity index (χ3n) is 1.97. The van der Waals surface area contributed by atoms with Gasteiger partial charge in [-0.05, 0) is 12.8 Å². The molecular weight excluding hydrogens is 252 g/mol. The Balaban J connectivity index is 0.000000360. The molecule has 0 aliphatic rings. The molecule has 0 aromatic carbocycles. The average Bonchev–Trinajstić information content (AvgIpc) is 2.79. The van der Waals surface area contributed by atoms with E-state index >= 15 is 0 Å². The van der Waals surface area contributed by atoms with E-state index in [1.807, 2.05) is 6.20 Å². The zero-order chi connectivity index (χ0) is 14.0. The first-order chi connectivity index (χ1) is 8.56. The standard InChI is InChI=1S/C7H11N3S.C4H9NO2/c1-5(2)6-3-9-10-7(6)8-4-11;1-3-7-4(6)5-2/h3-5H,1-2H3,(H2,8,9,10,11);3H2,1-2H3,(H,5,6). The lowest BCUT2D eigenvalue weighted by Gasteiger charge is -2.03. The molecule has 6 nitrogen and oxygen atoms in total. The predicted molar refractivity (Wildman–Crippen MR) is 76.0 cm³/mol. The fraction of sp³-hybridized carbons (Fsp3) is 0.545. The van der Waals surface area contributed by atoms with E-state index in [0.29, 0.717) is 12.5 Å². The molecule has 0 radical (unpaired) electrons. The number of anilines is 1. The molecule has 1 amide bonds. The first kappa shape index (κ1) is 16.4. The van der Waals surface area contributed by atoms with E-state index in [2.05, 4.69) is 51.6 Å². The molecule has 0 atom stereocenters. The molecule has 0 aliphatic heterocycles. The van der Waals surface area contributed by atoms with Crippen LogP contribution in [0.5, 0.6) is 0 Å². The Morgan fingerprint density at radius 2 is 2.33 bits per heavy atom. The highest BCUT2D eigenvalue weighted by molar-refractivity contribution is 7.79. The van der Waals surface area contributed by atoms with Gasteiger partial charge in [-0.15, -0.1) is 0 Å². The number of amides is 1. The summed E-state index contributed by atoms with van der Waals surface area (Å²) in [5.41, 5.74) is 2.63. The predicted octanol–water partition coefficient (Wildman–Crippen LogP) is 2.26. The van der Waals surface area contributed by atoms with Gasteiger partial charge in [0.15, 0.2) is 0 Å². The molecule has 0 saturated heterocycles. The molecule has 0 saturated carbocycles. The molecular formula is C11H20N4O2S. The van der Waals surface area contributed by atoms with Crippen molar-refractivity contribution in [1.82, 2.24) is 15.5 Å². The number of carbonyl (C=O) groups excluding carboxylic acids is 1. The lowest BCUT2D eigenvalue weighted by molar-refractivity contribution is 0.154. The summed E-state index contributed by atoms with van der Waals surface area (Å²) in [6.45, 7) is 6.41. The molecule has 0 fully saturated rings. The van der Waals surface area contributed by atoms with Crippen LogP contribution in [0.4, 0.5) is 10.6 Å². The van der Waals surface area contributed by atoms with E-state index in [9.17, 15) is 4.79 Å². The number of aromatic amines is 1. The van der Waals surface area contributed by atoms with Crippen LogP contribution in [0.15, 0.2) is 6.20 Å². The van der Waals surface area contributed by atoms with Crippen LogP contribution < -0.4 is 10.6 Å². The van der Waals surface area contributed by atoms with Crippen LogP contribution in [0.3, 0.4) is 0 Å². The molecule has 1 aromatic heterocycles. The number of H-pyrrole nitrogens is 1.